The van der Waals surface area contributed by atoms with Crippen molar-refractivity contribution >= 4 is 11.9 Å². The molecule has 0 aromatic carbocycles. The van der Waals surface area contributed by atoms with Crippen molar-refractivity contribution in [3.05, 3.63) is 85.1 Å². The first-order chi connectivity index (χ1) is 36.1. The Balaban J connectivity index is 2.00. The number of rotatable bonds is 12. The molecule has 3 aliphatic rings. The van der Waals surface area contributed by atoms with E-state index in [4.69, 9.17) is 36.1 Å². The molecule has 21 heteroatoms. The predicted octanol–water partition coefficient (Wildman–Crippen LogP) is -0.257. The molecule has 0 saturated carbocycles. The highest BCUT2D eigenvalue weighted by molar-refractivity contribution is 5.80. The molecule has 0 aromatic rings. The van der Waals surface area contributed by atoms with Gasteiger partial charge in [0.1, 0.15) is 12.2 Å². The third kappa shape index (κ3) is 23.0. The maximum atomic E-state index is 13.7. The maximum absolute atomic E-state index is 13.7. The number of fused-ring (bicyclic) bond motifs is 2. The van der Waals surface area contributed by atoms with Gasteiger partial charge in [-0.3, -0.25) is 14.5 Å². The molecule has 76 heavy (non-hydrogen) atoms. The van der Waals surface area contributed by atoms with Gasteiger partial charge in [0.05, 0.1) is 85.5 Å². The number of nitrogens with zero attached hydrogens (tertiary/aromatic N) is 1. The summed E-state index contributed by atoms with van der Waals surface area (Å²) in [4.78, 5) is 28.4. The normalized spacial score (nSPS) is 40.7. The average Bonchev–Trinajstić information content (AvgIpc) is 3.35. The molecule has 3 aliphatic heterocycles. The molecule has 0 spiro atoms. The number of allylic oxidation sites excluding steroid dienone is 12. The van der Waals surface area contributed by atoms with Gasteiger partial charge in [0.15, 0.2) is 12.1 Å². The monoisotopic (exact) mass is 1080 g/mol. The van der Waals surface area contributed by atoms with Crippen LogP contribution in [0.25, 0.3) is 0 Å². The lowest BCUT2D eigenvalue weighted by Gasteiger charge is -2.48. The first-order valence-electron chi connectivity index (χ1n) is 27.0. The smallest absolute Gasteiger partial charge is 0.308 e. The average molecular weight is 1080 g/mol. The lowest BCUT2D eigenvalue weighted by Crippen LogP contribution is -2.64. The summed E-state index contributed by atoms with van der Waals surface area (Å²) in [5.41, 5.74) is 17.4. The Morgan fingerprint density at radius 3 is 1.83 bits per heavy atom. The summed E-state index contributed by atoms with van der Waals surface area (Å²) in [7, 11) is 0. The van der Waals surface area contributed by atoms with E-state index < -0.39 is 147 Å². The Bertz CT molecular complexity index is 1880. The summed E-state index contributed by atoms with van der Waals surface area (Å²) in [6.45, 7) is 8.66. The number of aliphatic hydroxyl groups excluding tert-OH is 9. The fraction of sp³-hybridized carbons (Fsp3) is 0.709. The zero-order valence-electron chi connectivity index (χ0n) is 44.9. The molecule has 0 unspecified atom stereocenters. The Labute approximate surface area is 449 Å². The van der Waals surface area contributed by atoms with Crippen molar-refractivity contribution in [2.75, 3.05) is 39.3 Å². The molecule has 17 N–H and O–H groups in total. The van der Waals surface area contributed by atoms with E-state index in [0.717, 1.165) is 0 Å². The van der Waals surface area contributed by atoms with Crippen LogP contribution < -0.4 is 22.5 Å². The number of carbonyl (C=O) groups excluding carboxylic acids is 2. The summed E-state index contributed by atoms with van der Waals surface area (Å²) >= 11 is 0. The molecule has 2 fully saturated rings. The van der Waals surface area contributed by atoms with E-state index in [-0.39, 0.29) is 44.7 Å². The molecule has 3 heterocycles. The zero-order chi connectivity index (χ0) is 56.4. The topological polar surface area (TPSA) is 367 Å². The minimum Gasteiger partial charge on any atom is -0.462 e. The van der Waals surface area contributed by atoms with Crippen LogP contribution in [-0.2, 0) is 28.5 Å². The van der Waals surface area contributed by atoms with Crippen LogP contribution in [0.15, 0.2) is 85.1 Å². The molecular formula is C55H93N5O16. The van der Waals surface area contributed by atoms with Crippen molar-refractivity contribution in [2.45, 2.75) is 189 Å². The third-order valence-electron chi connectivity index (χ3n) is 14.1. The molecular weight excluding hydrogens is 987 g/mol. The van der Waals surface area contributed by atoms with Gasteiger partial charge in [-0.2, -0.15) is 0 Å². The Morgan fingerprint density at radius 2 is 1.25 bits per heavy atom. The van der Waals surface area contributed by atoms with E-state index in [1.165, 1.54) is 0 Å². The Kier molecular flexibility index (Phi) is 30.8. The second kappa shape index (κ2) is 35.1. The molecule has 21 nitrogen and oxygen atoms in total. The molecule has 2 saturated heterocycles. The predicted molar refractivity (Wildman–Crippen MR) is 286 cm³/mol. The number of hydrogen-bond acceptors (Lipinski definition) is 20. The quantitative estimate of drug-likeness (QED) is 0.112. The van der Waals surface area contributed by atoms with Crippen LogP contribution >= 0.6 is 0 Å². The summed E-state index contributed by atoms with van der Waals surface area (Å²) in [6, 6.07) is -0.851. The van der Waals surface area contributed by atoms with Crippen molar-refractivity contribution in [1.29, 1.82) is 0 Å². The highest BCUT2D eigenvalue weighted by Crippen LogP contribution is 2.38. The van der Waals surface area contributed by atoms with Crippen molar-refractivity contribution in [1.82, 2.24) is 10.2 Å². The number of nitrogens with two attached hydrogens (primary N) is 3. The van der Waals surface area contributed by atoms with E-state index in [0.29, 0.717) is 39.0 Å². The van der Waals surface area contributed by atoms with Crippen molar-refractivity contribution in [3.8, 4) is 0 Å². The van der Waals surface area contributed by atoms with Gasteiger partial charge in [0.2, 0.25) is 5.91 Å². The van der Waals surface area contributed by atoms with Gasteiger partial charge in [0.25, 0.3) is 0 Å². The third-order valence-corrected chi connectivity index (χ3v) is 14.1. The number of amides is 1. The standard InChI is InChI=1S/C55H93N5O16/c1-35-19-15-13-11-9-7-5-6-8-10-12-14-16-20-42(75-54-52(70)49(51(69)38(4)74-54)60(27-17-23-56)28-18-24-57)32-46-48(53(71)59-26-25-58)45(66)34-55(72,76-46)33-41(63)30-44(65)43(64)22-21-39(61)29-40(62)31-47(67)73-37(3)36(2)50(35)68/h5-16,19-20,35-46,48-52,54,61-66,68-70,72H,17-18,21-34,56-58H2,1-4H3,(H,59,71)/b6-5+,9-7+,10-8+,13-11+,14-12+,19-15-,20-16+/t35-,36-,37-,38+,39+,40+,41-,42-,43+,44+,45-,46-,48+,49-,50+,51+,52-,54-,55+/m0/s1. The Morgan fingerprint density at radius 1 is 0.671 bits per heavy atom. The second-order valence-electron chi connectivity index (χ2n) is 20.5. The summed E-state index contributed by atoms with van der Waals surface area (Å²) in [5.74, 6) is -5.70. The summed E-state index contributed by atoms with van der Waals surface area (Å²) < 4.78 is 24.4. The van der Waals surface area contributed by atoms with Crippen molar-refractivity contribution < 1.29 is 79.6 Å². The number of nitrogens with one attached hydrogen (secondary N) is 1. The van der Waals surface area contributed by atoms with Gasteiger partial charge < -0.3 is 92.5 Å². The van der Waals surface area contributed by atoms with Crippen LogP contribution in [-0.4, -0.2) is 205 Å². The molecule has 0 aliphatic carbocycles. The minimum atomic E-state index is -2.29. The minimum absolute atomic E-state index is 0.0571. The zero-order valence-corrected chi connectivity index (χ0v) is 44.9. The molecule has 19 atom stereocenters. The molecule has 434 valence electrons. The first kappa shape index (κ1) is 66.7. The highest BCUT2D eigenvalue weighted by atomic mass is 16.7. The number of ether oxygens (including phenoxy) is 4. The van der Waals surface area contributed by atoms with Crippen molar-refractivity contribution in [3.63, 3.8) is 0 Å². The van der Waals surface area contributed by atoms with Gasteiger partial charge in [-0.1, -0.05) is 98.9 Å². The lowest BCUT2D eigenvalue weighted by molar-refractivity contribution is -0.311. The van der Waals surface area contributed by atoms with Gasteiger partial charge >= 0.3 is 5.97 Å². The fourth-order valence-corrected chi connectivity index (χ4v) is 9.68. The van der Waals surface area contributed by atoms with Gasteiger partial charge in [-0.25, -0.2) is 0 Å². The molecule has 0 aromatic heterocycles. The number of carbonyl (C=O) groups is 2. The molecule has 3 rings (SSSR count). The van der Waals surface area contributed by atoms with E-state index in [1.807, 2.05) is 54.4 Å². The second-order valence-corrected chi connectivity index (χ2v) is 20.5. The van der Waals surface area contributed by atoms with Crippen LogP contribution in [0.5, 0.6) is 0 Å². The van der Waals surface area contributed by atoms with Gasteiger partial charge in [-0.15, -0.1) is 0 Å². The summed E-state index contributed by atoms with van der Waals surface area (Å²) in [5, 5.41) is 115. The van der Waals surface area contributed by atoms with E-state index >= 15 is 0 Å². The first-order valence-corrected chi connectivity index (χ1v) is 27.0. The van der Waals surface area contributed by atoms with Crippen LogP contribution in [0.4, 0.5) is 0 Å². The van der Waals surface area contributed by atoms with Crippen LogP contribution in [0.1, 0.15) is 91.9 Å². The van der Waals surface area contributed by atoms with Crippen molar-refractivity contribution in [2.24, 2.45) is 35.0 Å². The molecule has 2 bridgehead atoms. The number of cyclic esters (lactones) is 1. The molecule has 0 radical (unpaired) electrons. The number of aliphatic hydroxyl groups is 10. The number of hydrogen-bond donors (Lipinski definition) is 14. The summed E-state index contributed by atoms with van der Waals surface area (Å²) in [6.07, 6.45) is 6.01. The maximum Gasteiger partial charge on any atom is 0.308 e. The Hall–Kier alpha value is -3.56. The van der Waals surface area contributed by atoms with Crippen LogP contribution in [0, 0.1) is 17.8 Å². The van der Waals surface area contributed by atoms with E-state index in [2.05, 4.69) is 5.32 Å². The van der Waals surface area contributed by atoms with E-state index in [1.54, 1.807) is 63.3 Å². The van der Waals surface area contributed by atoms with Crippen LogP contribution in [0.2, 0.25) is 0 Å². The molecule has 1 amide bonds. The van der Waals surface area contributed by atoms with E-state index in [9.17, 15) is 60.7 Å². The fourth-order valence-electron chi connectivity index (χ4n) is 9.68. The lowest BCUT2D eigenvalue weighted by atomic mass is 9.82. The highest BCUT2D eigenvalue weighted by Gasteiger charge is 2.51. The number of esters is 1. The van der Waals surface area contributed by atoms with Gasteiger partial charge in [-0.05, 0) is 72.1 Å². The largest absolute Gasteiger partial charge is 0.462 e. The SMILES string of the molecule is C[C@@H]1[C@H](O)[C@@H](C)\C=C/C=C/C=C/C=C/C=C/C=C/C=C/[C@H](O[C@@H]2O[C@H](C)[C@@H](O)[C@H](N(CCCN)CCCN)[C@@H]2O)C[C@@H]2O[C@](O)(C[C@@H](O)C[C@@H](O)[C@H](O)CC[C@@H](O)C[C@@H](O)CC(=O)O[C@H]1C)C[C@H](O)[C@H]2C(=O)NCCN. The van der Waals surface area contributed by atoms with Crippen LogP contribution in [0.3, 0.4) is 0 Å². The van der Waals surface area contributed by atoms with Gasteiger partial charge in [0, 0.05) is 50.6 Å².